The van der Waals surface area contributed by atoms with Crippen LogP contribution in [0.25, 0.3) is 0 Å². The lowest BCUT2D eigenvalue weighted by Crippen LogP contribution is -2.54. The summed E-state index contributed by atoms with van der Waals surface area (Å²) in [7, 11) is 0. The van der Waals surface area contributed by atoms with Crippen molar-refractivity contribution in [2.24, 2.45) is 40.4 Å². The summed E-state index contributed by atoms with van der Waals surface area (Å²) in [5.74, 6) is 3.46. The van der Waals surface area contributed by atoms with Gasteiger partial charge in [0.25, 0.3) is 0 Å². The van der Waals surface area contributed by atoms with Crippen LogP contribution in [-0.2, 0) is 4.79 Å². The average Bonchev–Trinajstić information content (AvgIpc) is 2.85. The third-order valence-corrected chi connectivity index (χ3v) is 8.99. The van der Waals surface area contributed by atoms with Gasteiger partial charge in [-0.2, -0.15) is 0 Å². The number of Topliss-reactive ketones (excluding diaryl/α,β-unsaturated/α-hetero) is 1. The van der Waals surface area contributed by atoms with Crippen molar-refractivity contribution in [2.75, 3.05) is 0 Å². The number of carbonyl (C=O) groups excluding carboxylic acids is 1. The van der Waals surface area contributed by atoms with Gasteiger partial charge in [0.15, 0.2) is 0 Å². The molecule has 4 aliphatic rings. The monoisotopic (exact) mass is 319 g/mol. The molecule has 8 atom stereocenters. The van der Waals surface area contributed by atoms with E-state index in [1.165, 1.54) is 32.1 Å². The Hall–Kier alpha value is -0.370. The van der Waals surface area contributed by atoms with Crippen LogP contribution < -0.4 is 0 Å². The van der Waals surface area contributed by atoms with Gasteiger partial charge in [0.1, 0.15) is 5.78 Å². The van der Waals surface area contributed by atoms with Crippen LogP contribution in [0.2, 0.25) is 0 Å². The third-order valence-electron chi connectivity index (χ3n) is 8.99. The summed E-state index contributed by atoms with van der Waals surface area (Å²) in [6.07, 6.45) is 8.37. The quantitative estimate of drug-likeness (QED) is 0.767. The van der Waals surface area contributed by atoms with Crippen molar-refractivity contribution in [1.29, 1.82) is 0 Å². The van der Waals surface area contributed by atoms with Crippen LogP contribution in [0, 0.1) is 40.4 Å². The highest BCUT2D eigenvalue weighted by atomic mass is 16.3. The molecule has 2 heteroatoms. The number of rotatable bonds is 1. The number of fused-ring (bicyclic) bond motifs is 5. The highest BCUT2D eigenvalue weighted by molar-refractivity contribution is 5.79. The van der Waals surface area contributed by atoms with Crippen molar-refractivity contribution < 1.29 is 11.3 Å². The maximum Gasteiger partial charge on any atom is 0.133 e. The number of hydrogen-bond donors (Lipinski definition) is 1. The van der Waals surface area contributed by atoms with Crippen LogP contribution in [0.1, 0.15) is 79.9 Å². The van der Waals surface area contributed by atoms with E-state index in [9.17, 15) is 9.90 Å². The second kappa shape index (κ2) is 5.31. The fraction of sp³-hybridized carbons (Fsp3) is 0.952. The van der Waals surface area contributed by atoms with Gasteiger partial charge >= 0.3 is 0 Å². The zero-order chi connectivity index (χ0) is 17.3. The van der Waals surface area contributed by atoms with Gasteiger partial charge in [-0.3, -0.25) is 4.79 Å². The Bertz CT molecular complexity index is 544. The Labute approximate surface area is 142 Å². The Balaban J connectivity index is 1.61. The number of aliphatic hydroxyl groups is 1. The molecule has 23 heavy (non-hydrogen) atoms. The molecule has 2 nitrogen and oxygen atoms in total. The van der Waals surface area contributed by atoms with E-state index in [1.54, 1.807) is 6.92 Å². The maximum absolute atomic E-state index is 12.2. The molecule has 4 fully saturated rings. The zero-order valence-electron chi connectivity index (χ0n) is 16.1. The highest BCUT2D eigenvalue weighted by Crippen LogP contribution is 2.67. The first kappa shape index (κ1) is 14.9. The molecule has 0 bridgehead atoms. The van der Waals surface area contributed by atoms with E-state index in [0.717, 1.165) is 30.6 Å². The third kappa shape index (κ3) is 2.19. The first-order valence-electron chi connectivity index (χ1n) is 10.4. The van der Waals surface area contributed by atoms with Crippen molar-refractivity contribution in [3.63, 3.8) is 0 Å². The lowest BCUT2D eigenvalue weighted by molar-refractivity contribution is -0.138. The molecule has 4 rings (SSSR count). The molecule has 1 N–H and O–H groups in total. The first-order chi connectivity index (χ1) is 11.2. The summed E-state index contributed by atoms with van der Waals surface area (Å²) in [4.78, 5) is 12.2. The summed E-state index contributed by atoms with van der Waals surface area (Å²) in [5.41, 5.74) is 0.548. The number of hydrogen-bond acceptors (Lipinski definition) is 2. The minimum absolute atomic E-state index is 0.237. The molecule has 0 saturated heterocycles. The normalized spacial score (nSPS) is 59.5. The molecular formula is C21H34O2. The van der Waals surface area contributed by atoms with Gasteiger partial charge in [0.2, 0.25) is 0 Å². The largest absolute Gasteiger partial charge is 0.393 e. The summed E-state index contributed by atoms with van der Waals surface area (Å²) in [6.45, 7) is 6.67. The molecule has 0 aliphatic heterocycles. The molecule has 4 saturated carbocycles. The van der Waals surface area contributed by atoms with E-state index in [0.29, 0.717) is 35.9 Å². The average molecular weight is 320 g/mol. The van der Waals surface area contributed by atoms with Crippen LogP contribution in [0.5, 0.6) is 0 Å². The van der Waals surface area contributed by atoms with Crippen LogP contribution in [0.4, 0.5) is 0 Å². The van der Waals surface area contributed by atoms with Crippen molar-refractivity contribution in [3.05, 3.63) is 0 Å². The van der Waals surface area contributed by atoms with Crippen LogP contribution in [-0.4, -0.2) is 17.0 Å². The SMILES string of the molecule is [2H][C@@]1(O)CC[C@@]2(C)[C@@H](CC[C@@H]3[C@@H]2CC[C@]2(C)[C@@H](C(C)=O)CC[C@@H]32)C1. The smallest absolute Gasteiger partial charge is 0.133 e. The fourth-order valence-electron chi connectivity index (χ4n) is 7.73. The van der Waals surface area contributed by atoms with E-state index in [4.69, 9.17) is 1.37 Å². The second-order valence-corrected chi connectivity index (χ2v) is 9.71. The summed E-state index contributed by atoms with van der Waals surface area (Å²) in [6, 6.07) is 0. The number of carbonyl (C=O) groups is 1. The van der Waals surface area contributed by atoms with Crippen molar-refractivity contribution in [2.45, 2.75) is 84.6 Å². The van der Waals surface area contributed by atoms with Gasteiger partial charge in [-0.05, 0) is 99.2 Å². The van der Waals surface area contributed by atoms with Crippen LogP contribution >= 0.6 is 0 Å². The van der Waals surface area contributed by atoms with E-state index >= 15 is 0 Å². The van der Waals surface area contributed by atoms with Gasteiger partial charge in [0, 0.05) is 5.92 Å². The van der Waals surface area contributed by atoms with Gasteiger partial charge in [-0.15, -0.1) is 0 Å². The zero-order valence-corrected chi connectivity index (χ0v) is 15.1. The molecular weight excluding hydrogens is 284 g/mol. The van der Waals surface area contributed by atoms with Crippen LogP contribution in [0.15, 0.2) is 0 Å². The van der Waals surface area contributed by atoms with E-state index in [1.807, 2.05) is 0 Å². The molecule has 0 radical (unpaired) electrons. The predicted molar refractivity (Wildman–Crippen MR) is 91.9 cm³/mol. The molecule has 4 aliphatic carbocycles. The molecule has 0 aromatic carbocycles. The predicted octanol–water partition coefficient (Wildman–Crippen LogP) is 4.60. The van der Waals surface area contributed by atoms with E-state index < -0.39 is 6.08 Å². The van der Waals surface area contributed by atoms with E-state index in [-0.39, 0.29) is 5.41 Å². The lowest BCUT2D eigenvalue weighted by Gasteiger charge is -2.60. The maximum atomic E-state index is 12.2. The van der Waals surface area contributed by atoms with Gasteiger partial charge < -0.3 is 5.11 Å². The lowest BCUT2D eigenvalue weighted by atomic mass is 9.44. The second-order valence-electron chi connectivity index (χ2n) is 9.71. The minimum atomic E-state index is -1.19. The molecule has 130 valence electrons. The first-order valence-corrected chi connectivity index (χ1v) is 9.90. The van der Waals surface area contributed by atoms with Crippen molar-refractivity contribution in [3.8, 4) is 0 Å². The molecule has 0 amide bonds. The summed E-state index contributed by atoms with van der Waals surface area (Å²) < 4.78 is 8.11. The van der Waals surface area contributed by atoms with E-state index in [2.05, 4.69) is 13.8 Å². The molecule has 0 heterocycles. The summed E-state index contributed by atoms with van der Waals surface area (Å²) in [5, 5.41) is 10.2. The summed E-state index contributed by atoms with van der Waals surface area (Å²) >= 11 is 0. The topological polar surface area (TPSA) is 37.3 Å². The highest BCUT2D eigenvalue weighted by Gasteiger charge is 2.60. The Morgan fingerprint density at radius 1 is 1.00 bits per heavy atom. The molecule has 0 spiro atoms. The molecule has 0 aromatic heterocycles. The van der Waals surface area contributed by atoms with Gasteiger partial charge in [0.05, 0.1) is 7.45 Å². The number of ketones is 1. The van der Waals surface area contributed by atoms with Gasteiger partial charge in [-0.25, -0.2) is 0 Å². The van der Waals surface area contributed by atoms with Crippen molar-refractivity contribution in [1.82, 2.24) is 0 Å². The van der Waals surface area contributed by atoms with Gasteiger partial charge in [-0.1, -0.05) is 13.8 Å². The minimum Gasteiger partial charge on any atom is -0.393 e. The Kier molecular flexibility index (Phi) is 3.45. The standard InChI is InChI=1S/C21H34O2/c1-13(22)17-6-7-18-16-5-4-14-12-15(23)8-10-20(14,2)19(16)9-11-21(17,18)3/h14-19,23H,4-12H2,1-3H3/t14-,15+,16-,17+,18-,19-,20-,21+/m0/s1/i15D. The Morgan fingerprint density at radius 3 is 2.43 bits per heavy atom. The Morgan fingerprint density at radius 2 is 1.70 bits per heavy atom. The molecule has 0 aromatic rings. The molecule has 0 unspecified atom stereocenters. The van der Waals surface area contributed by atoms with Crippen LogP contribution in [0.3, 0.4) is 0 Å². The van der Waals surface area contributed by atoms with Crippen molar-refractivity contribution >= 4 is 5.78 Å². The fourth-order valence-corrected chi connectivity index (χ4v) is 7.73.